The van der Waals surface area contributed by atoms with Gasteiger partial charge in [-0.1, -0.05) is 0 Å². The number of benzene rings is 1. The molecule has 1 aromatic carbocycles. The van der Waals surface area contributed by atoms with Crippen LogP contribution in [-0.4, -0.2) is 40.4 Å². The second-order valence-corrected chi connectivity index (χ2v) is 6.83. The second-order valence-electron chi connectivity index (χ2n) is 4.91. The molecule has 1 N–H and O–H groups in total. The van der Waals surface area contributed by atoms with Gasteiger partial charge in [0.1, 0.15) is 0 Å². The Morgan fingerprint density at radius 2 is 1.95 bits per heavy atom. The fourth-order valence-electron chi connectivity index (χ4n) is 2.35. The van der Waals surface area contributed by atoms with Crippen LogP contribution in [0.15, 0.2) is 29.2 Å². The number of nitrogens with one attached hydrogen (secondary N) is 1. The molecule has 1 fully saturated rings. The highest BCUT2D eigenvalue weighted by Crippen LogP contribution is 2.23. The minimum Gasteiger partial charge on any atom is -0.370 e. The standard InChI is InChI=1S/C13H18F2N2O2S/c1-17(11-3-2-8-16-9-11)10-4-6-12(7-5-10)20(18,19)13(14)15/h4-7,11,13,16H,2-3,8-9H2,1H3. The highest BCUT2D eigenvalue weighted by molar-refractivity contribution is 7.91. The van der Waals surface area contributed by atoms with Crippen LogP contribution >= 0.6 is 0 Å². The molecule has 1 heterocycles. The molecule has 0 spiro atoms. The van der Waals surface area contributed by atoms with Gasteiger partial charge in [0.25, 0.3) is 0 Å². The van der Waals surface area contributed by atoms with E-state index in [4.69, 9.17) is 0 Å². The summed E-state index contributed by atoms with van der Waals surface area (Å²) in [6.45, 7) is 1.88. The third-order valence-electron chi connectivity index (χ3n) is 3.63. The van der Waals surface area contributed by atoms with E-state index < -0.39 is 15.6 Å². The van der Waals surface area contributed by atoms with Crippen LogP contribution in [0.1, 0.15) is 12.8 Å². The molecule has 0 radical (unpaired) electrons. The van der Waals surface area contributed by atoms with Crippen LogP contribution in [0.25, 0.3) is 0 Å². The van der Waals surface area contributed by atoms with Crippen LogP contribution in [0.2, 0.25) is 0 Å². The van der Waals surface area contributed by atoms with Gasteiger partial charge in [0, 0.05) is 25.3 Å². The molecule has 1 unspecified atom stereocenters. The molecule has 0 aromatic heterocycles. The minimum absolute atomic E-state index is 0.335. The van der Waals surface area contributed by atoms with Gasteiger partial charge in [0.2, 0.25) is 9.84 Å². The number of likely N-dealkylation sites (N-methyl/N-ethyl adjacent to an activating group) is 1. The summed E-state index contributed by atoms with van der Waals surface area (Å²) in [4.78, 5) is 1.71. The normalized spacial score (nSPS) is 20.1. The van der Waals surface area contributed by atoms with Crippen molar-refractivity contribution in [2.24, 2.45) is 0 Å². The Hall–Kier alpha value is -1.21. The van der Waals surface area contributed by atoms with Gasteiger partial charge in [-0.05, 0) is 43.7 Å². The van der Waals surface area contributed by atoms with Crippen LogP contribution in [0.5, 0.6) is 0 Å². The van der Waals surface area contributed by atoms with Gasteiger partial charge in [0.15, 0.2) is 0 Å². The maximum atomic E-state index is 12.4. The Balaban J connectivity index is 2.15. The molecule has 1 aliphatic rings. The largest absolute Gasteiger partial charge is 0.370 e. The van der Waals surface area contributed by atoms with Gasteiger partial charge < -0.3 is 10.2 Å². The van der Waals surface area contributed by atoms with Gasteiger partial charge in [-0.3, -0.25) is 0 Å². The molecule has 1 atom stereocenters. The van der Waals surface area contributed by atoms with Gasteiger partial charge in [-0.25, -0.2) is 8.42 Å². The molecule has 0 saturated carbocycles. The third-order valence-corrected chi connectivity index (χ3v) is 5.02. The summed E-state index contributed by atoms with van der Waals surface area (Å²) in [6, 6.07) is 5.96. The lowest BCUT2D eigenvalue weighted by Crippen LogP contribution is -2.44. The van der Waals surface area contributed by atoms with Crippen molar-refractivity contribution >= 4 is 15.5 Å². The van der Waals surface area contributed by atoms with Crippen LogP contribution < -0.4 is 10.2 Å². The van der Waals surface area contributed by atoms with Crippen molar-refractivity contribution in [3.8, 4) is 0 Å². The zero-order valence-corrected chi connectivity index (χ0v) is 12.0. The fraction of sp³-hybridized carbons (Fsp3) is 0.538. The quantitative estimate of drug-likeness (QED) is 0.922. The van der Waals surface area contributed by atoms with Crippen LogP contribution in [-0.2, 0) is 9.84 Å². The summed E-state index contributed by atoms with van der Waals surface area (Å²) in [5, 5.41) is 3.30. The number of hydrogen-bond acceptors (Lipinski definition) is 4. The van der Waals surface area contributed by atoms with E-state index in [2.05, 4.69) is 5.32 Å². The maximum Gasteiger partial charge on any atom is 0.341 e. The Labute approximate surface area is 117 Å². The molecule has 112 valence electrons. The predicted molar refractivity (Wildman–Crippen MR) is 73.9 cm³/mol. The van der Waals surface area contributed by atoms with E-state index in [1.165, 1.54) is 12.1 Å². The van der Waals surface area contributed by atoms with E-state index in [1.807, 2.05) is 11.9 Å². The Kier molecular flexibility index (Phi) is 4.59. The number of hydrogen-bond donors (Lipinski definition) is 1. The van der Waals surface area contributed by atoms with Crippen LogP contribution in [0.3, 0.4) is 0 Å². The SMILES string of the molecule is CN(c1ccc(S(=O)(=O)C(F)F)cc1)C1CCCNC1. The Morgan fingerprint density at radius 3 is 2.45 bits per heavy atom. The summed E-state index contributed by atoms with van der Waals surface area (Å²) < 4.78 is 47.6. The topological polar surface area (TPSA) is 49.4 Å². The monoisotopic (exact) mass is 304 g/mol. The Bertz CT molecular complexity index is 540. The van der Waals surface area contributed by atoms with Crippen molar-refractivity contribution < 1.29 is 17.2 Å². The number of alkyl halides is 2. The molecule has 0 bridgehead atoms. The summed E-state index contributed by atoms with van der Waals surface area (Å²) in [5.74, 6) is -3.38. The first kappa shape index (κ1) is 15.2. The fourth-order valence-corrected chi connectivity index (χ4v) is 3.07. The summed E-state index contributed by atoms with van der Waals surface area (Å²) >= 11 is 0. The molecule has 0 aliphatic carbocycles. The van der Waals surface area contributed by atoms with Crippen LogP contribution in [0.4, 0.5) is 14.5 Å². The molecule has 0 amide bonds. The van der Waals surface area contributed by atoms with E-state index in [0.29, 0.717) is 6.04 Å². The number of sulfone groups is 1. The van der Waals surface area contributed by atoms with Gasteiger partial charge in [-0.15, -0.1) is 0 Å². The molecule has 7 heteroatoms. The smallest absolute Gasteiger partial charge is 0.341 e. The average Bonchev–Trinajstić information content (AvgIpc) is 2.47. The van der Waals surface area contributed by atoms with E-state index in [9.17, 15) is 17.2 Å². The first-order chi connectivity index (χ1) is 9.43. The van der Waals surface area contributed by atoms with E-state index in [1.54, 1.807) is 12.1 Å². The summed E-state index contributed by atoms with van der Waals surface area (Å²) in [7, 11) is -2.58. The molecule has 1 saturated heterocycles. The average molecular weight is 304 g/mol. The van der Waals surface area contributed by atoms with Crippen molar-refractivity contribution in [3.63, 3.8) is 0 Å². The number of nitrogens with zero attached hydrogens (tertiary/aromatic N) is 1. The molecule has 2 rings (SSSR count). The molecular formula is C13H18F2N2O2S. The number of piperidine rings is 1. The number of halogens is 2. The zero-order valence-electron chi connectivity index (χ0n) is 11.2. The lowest BCUT2D eigenvalue weighted by molar-refractivity contribution is 0.234. The number of anilines is 1. The van der Waals surface area contributed by atoms with E-state index in [0.717, 1.165) is 31.6 Å². The predicted octanol–water partition coefficient (Wildman–Crippen LogP) is 1.87. The Morgan fingerprint density at radius 1 is 1.30 bits per heavy atom. The first-order valence-corrected chi connectivity index (χ1v) is 8.03. The van der Waals surface area contributed by atoms with Crippen molar-refractivity contribution in [1.29, 1.82) is 0 Å². The lowest BCUT2D eigenvalue weighted by atomic mass is 10.1. The first-order valence-electron chi connectivity index (χ1n) is 6.48. The van der Waals surface area contributed by atoms with Gasteiger partial charge >= 0.3 is 5.76 Å². The highest BCUT2D eigenvalue weighted by Gasteiger charge is 2.26. The van der Waals surface area contributed by atoms with E-state index >= 15 is 0 Å². The van der Waals surface area contributed by atoms with Crippen LogP contribution in [0, 0.1) is 0 Å². The second kappa shape index (κ2) is 6.05. The van der Waals surface area contributed by atoms with Crippen molar-refractivity contribution in [1.82, 2.24) is 5.32 Å². The maximum absolute atomic E-state index is 12.4. The molecule has 4 nitrogen and oxygen atoms in total. The minimum atomic E-state index is -4.51. The van der Waals surface area contributed by atoms with Gasteiger partial charge in [0.05, 0.1) is 4.90 Å². The van der Waals surface area contributed by atoms with Crippen molar-refractivity contribution in [2.45, 2.75) is 29.5 Å². The highest BCUT2D eigenvalue weighted by atomic mass is 32.2. The summed E-state index contributed by atoms with van der Waals surface area (Å²) in [5.41, 5.74) is 0.826. The lowest BCUT2D eigenvalue weighted by Gasteiger charge is -2.33. The zero-order chi connectivity index (χ0) is 14.8. The van der Waals surface area contributed by atoms with Crippen molar-refractivity contribution in [2.75, 3.05) is 25.0 Å². The van der Waals surface area contributed by atoms with E-state index in [-0.39, 0.29) is 4.90 Å². The van der Waals surface area contributed by atoms with Gasteiger partial charge in [-0.2, -0.15) is 8.78 Å². The number of rotatable bonds is 4. The molecule has 1 aromatic rings. The third kappa shape index (κ3) is 3.09. The molecule has 20 heavy (non-hydrogen) atoms. The van der Waals surface area contributed by atoms with Crippen molar-refractivity contribution in [3.05, 3.63) is 24.3 Å². The molecule has 1 aliphatic heterocycles. The molecular weight excluding hydrogens is 286 g/mol. The summed E-state index contributed by atoms with van der Waals surface area (Å²) in [6.07, 6.45) is 2.15.